The van der Waals surface area contributed by atoms with E-state index in [4.69, 9.17) is 4.74 Å². The average Bonchev–Trinajstić information content (AvgIpc) is 2.92. The van der Waals surface area contributed by atoms with E-state index in [0.29, 0.717) is 23.5 Å². The maximum atomic E-state index is 12.4. The van der Waals surface area contributed by atoms with E-state index < -0.39 is 0 Å². The molecule has 4 nitrogen and oxygen atoms in total. The van der Waals surface area contributed by atoms with Crippen LogP contribution >= 0.6 is 0 Å². The second-order valence-corrected chi connectivity index (χ2v) is 8.46. The first kappa shape index (κ1) is 16.9. The number of fused-ring (bicyclic) bond motifs is 5. The Morgan fingerprint density at radius 1 is 1.36 bits per heavy atom. The molecule has 0 saturated heterocycles. The molecular formula is C21H29NO3. The number of methoxy groups -OCH3 is 1. The number of ether oxygens (including phenoxy) is 1. The molecule has 1 aromatic rings. The number of amides is 1. The van der Waals surface area contributed by atoms with Crippen molar-refractivity contribution in [2.24, 2.45) is 23.2 Å². The number of aromatic hydroxyl groups is 1. The normalized spacial score (nSPS) is 39.2. The van der Waals surface area contributed by atoms with Gasteiger partial charge in [-0.15, -0.1) is 0 Å². The lowest BCUT2D eigenvalue weighted by Crippen LogP contribution is -2.46. The van der Waals surface area contributed by atoms with E-state index in [1.165, 1.54) is 11.1 Å². The number of hydrogen-bond donors (Lipinski definition) is 2. The van der Waals surface area contributed by atoms with Gasteiger partial charge in [0, 0.05) is 14.2 Å². The molecule has 0 aliphatic heterocycles. The van der Waals surface area contributed by atoms with E-state index in [1.54, 1.807) is 14.2 Å². The van der Waals surface area contributed by atoms with Crippen LogP contribution in [0, 0.1) is 23.2 Å². The molecule has 136 valence electrons. The van der Waals surface area contributed by atoms with Crippen molar-refractivity contribution in [1.29, 1.82) is 0 Å². The first-order chi connectivity index (χ1) is 12.0. The maximum absolute atomic E-state index is 12.4. The van der Waals surface area contributed by atoms with Gasteiger partial charge >= 0.3 is 0 Å². The highest BCUT2D eigenvalue weighted by atomic mass is 16.5. The summed E-state index contributed by atoms with van der Waals surface area (Å²) in [4.78, 5) is 12.4. The summed E-state index contributed by atoms with van der Waals surface area (Å²) >= 11 is 0. The summed E-state index contributed by atoms with van der Waals surface area (Å²) in [5.41, 5.74) is 2.82. The van der Waals surface area contributed by atoms with E-state index in [-0.39, 0.29) is 23.3 Å². The monoisotopic (exact) mass is 343 g/mol. The summed E-state index contributed by atoms with van der Waals surface area (Å²) < 4.78 is 5.89. The molecule has 3 aliphatic carbocycles. The summed E-state index contributed by atoms with van der Waals surface area (Å²) in [6, 6.07) is 5.90. The quantitative estimate of drug-likeness (QED) is 0.867. The Morgan fingerprint density at radius 3 is 2.88 bits per heavy atom. The van der Waals surface area contributed by atoms with Crippen LogP contribution in [0.5, 0.6) is 5.75 Å². The van der Waals surface area contributed by atoms with Gasteiger partial charge in [0.2, 0.25) is 5.91 Å². The maximum Gasteiger partial charge on any atom is 0.225 e. The Kier molecular flexibility index (Phi) is 4.06. The van der Waals surface area contributed by atoms with Crippen molar-refractivity contribution in [3.05, 3.63) is 29.3 Å². The van der Waals surface area contributed by atoms with Crippen LogP contribution in [0.15, 0.2) is 18.2 Å². The average molecular weight is 343 g/mol. The van der Waals surface area contributed by atoms with E-state index in [2.05, 4.69) is 18.3 Å². The Labute approximate surface area is 150 Å². The molecule has 0 aromatic heterocycles. The fourth-order valence-electron chi connectivity index (χ4n) is 6.43. The number of rotatable bonds is 2. The molecule has 4 heteroatoms. The van der Waals surface area contributed by atoms with Crippen molar-refractivity contribution in [1.82, 2.24) is 5.32 Å². The Balaban J connectivity index is 1.68. The van der Waals surface area contributed by atoms with Crippen LogP contribution in [0.25, 0.3) is 0 Å². The van der Waals surface area contributed by atoms with Crippen LogP contribution in [-0.4, -0.2) is 31.3 Å². The lowest BCUT2D eigenvalue weighted by atomic mass is 9.55. The minimum Gasteiger partial charge on any atom is -0.508 e. The summed E-state index contributed by atoms with van der Waals surface area (Å²) in [5, 5.41) is 12.6. The minimum atomic E-state index is -0.0371. The molecule has 2 saturated carbocycles. The highest BCUT2D eigenvalue weighted by molar-refractivity contribution is 5.79. The minimum absolute atomic E-state index is 0.0135. The van der Waals surface area contributed by atoms with Gasteiger partial charge in [0.05, 0.1) is 12.0 Å². The zero-order valence-corrected chi connectivity index (χ0v) is 15.4. The molecule has 3 aliphatic rings. The third kappa shape index (κ3) is 2.41. The molecule has 25 heavy (non-hydrogen) atoms. The van der Waals surface area contributed by atoms with E-state index in [1.807, 2.05) is 12.1 Å². The predicted octanol–water partition coefficient (Wildman–Crippen LogP) is 3.24. The smallest absolute Gasteiger partial charge is 0.225 e. The van der Waals surface area contributed by atoms with Gasteiger partial charge in [-0.25, -0.2) is 0 Å². The van der Waals surface area contributed by atoms with Crippen molar-refractivity contribution >= 4 is 5.91 Å². The topological polar surface area (TPSA) is 58.6 Å². The number of benzene rings is 1. The van der Waals surface area contributed by atoms with Crippen LogP contribution in [0.4, 0.5) is 0 Å². The highest BCUT2D eigenvalue weighted by Crippen LogP contribution is 2.62. The molecule has 0 spiro atoms. The zero-order chi connectivity index (χ0) is 17.8. The molecule has 0 radical (unpaired) electrons. The van der Waals surface area contributed by atoms with E-state index in [0.717, 1.165) is 32.1 Å². The third-order valence-corrected chi connectivity index (χ3v) is 7.51. The van der Waals surface area contributed by atoms with Crippen LogP contribution in [0.2, 0.25) is 0 Å². The number of nitrogens with one attached hydrogen (secondary N) is 1. The van der Waals surface area contributed by atoms with Crippen LogP contribution in [0.3, 0.4) is 0 Å². The van der Waals surface area contributed by atoms with Crippen molar-refractivity contribution in [3.8, 4) is 5.75 Å². The number of phenolic OH excluding ortho intramolecular Hbond substituents is 1. The van der Waals surface area contributed by atoms with E-state index >= 15 is 0 Å². The molecule has 0 bridgehead atoms. The lowest BCUT2D eigenvalue weighted by molar-refractivity contribution is -0.130. The van der Waals surface area contributed by atoms with Crippen LogP contribution in [-0.2, 0) is 16.0 Å². The van der Waals surface area contributed by atoms with Gasteiger partial charge in [-0.2, -0.15) is 0 Å². The molecule has 0 unspecified atom stereocenters. The summed E-state index contributed by atoms with van der Waals surface area (Å²) in [6.45, 7) is 2.34. The van der Waals surface area contributed by atoms with Gasteiger partial charge in [0.15, 0.2) is 0 Å². The molecule has 1 aromatic carbocycles. The Bertz CT molecular complexity index is 688. The van der Waals surface area contributed by atoms with Crippen molar-refractivity contribution in [2.75, 3.05) is 14.2 Å². The molecular weight excluding hydrogens is 314 g/mol. The third-order valence-electron chi connectivity index (χ3n) is 7.51. The first-order valence-electron chi connectivity index (χ1n) is 9.55. The highest BCUT2D eigenvalue weighted by Gasteiger charge is 2.60. The van der Waals surface area contributed by atoms with Gasteiger partial charge in [0.25, 0.3) is 0 Å². The fourth-order valence-corrected chi connectivity index (χ4v) is 6.43. The molecule has 2 N–H and O–H groups in total. The molecule has 6 atom stereocenters. The second-order valence-electron chi connectivity index (χ2n) is 8.46. The van der Waals surface area contributed by atoms with Crippen molar-refractivity contribution < 1.29 is 14.6 Å². The molecule has 2 fully saturated rings. The number of aryl methyl sites for hydroxylation is 1. The van der Waals surface area contributed by atoms with Crippen molar-refractivity contribution in [3.63, 3.8) is 0 Å². The largest absolute Gasteiger partial charge is 0.508 e. The zero-order valence-electron chi connectivity index (χ0n) is 15.4. The molecule has 1 amide bonds. The summed E-state index contributed by atoms with van der Waals surface area (Å²) in [7, 11) is 3.49. The van der Waals surface area contributed by atoms with Gasteiger partial charge in [0.1, 0.15) is 5.75 Å². The van der Waals surface area contributed by atoms with Gasteiger partial charge in [-0.3, -0.25) is 4.79 Å². The fraction of sp³-hybridized carbons (Fsp3) is 0.667. The SMILES string of the molecule is CNC(=O)[C@@H]1C[C@H]2[C@@H]3CCc4cc(O)ccc4[C@H]3CC[C@]2(C)[C@H]1OC. The van der Waals surface area contributed by atoms with Crippen LogP contribution in [0.1, 0.15) is 49.7 Å². The molecule has 0 heterocycles. The van der Waals surface area contributed by atoms with Gasteiger partial charge in [-0.05, 0) is 78.5 Å². The Morgan fingerprint density at radius 2 is 2.16 bits per heavy atom. The van der Waals surface area contributed by atoms with Crippen LogP contribution < -0.4 is 5.32 Å². The van der Waals surface area contributed by atoms with E-state index in [9.17, 15) is 9.90 Å². The number of phenols is 1. The second kappa shape index (κ2) is 6.01. The lowest BCUT2D eigenvalue weighted by Gasteiger charge is -2.50. The number of carbonyl (C=O) groups is 1. The predicted molar refractivity (Wildman–Crippen MR) is 96.5 cm³/mol. The number of carbonyl (C=O) groups excluding carboxylic acids is 1. The summed E-state index contributed by atoms with van der Waals surface area (Å²) in [6.07, 6.45) is 5.38. The van der Waals surface area contributed by atoms with Crippen molar-refractivity contribution in [2.45, 2.75) is 51.0 Å². The van der Waals surface area contributed by atoms with Gasteiger partial charge in [-0.1, -0.05) is 13.0 Å². The number of hydrogen-bond acceptors (Lipinski definition) is 3. The summed E-state index contributed by atoms with van der Waals surface area (Å²) in [5.74, 6) is 2.16. The first-order valence-corrected chi connectivity index (χ1v) is 9.55. The molecule has 4 rings (SSSR count). The Hall–Kier alpha value is -1.55. The standard InChI is InChI=1S/C21H29NO3/c1-21-9-8-15-14-7-5-13(23)10-12(14)4-6-16(15)18(21)11-17(19(21)25-3)20(24)22-2/h5,7,10,15-19,23H,4,6,8-9,11H2,1-3H3,(H,22,24)/t15-,16-,17-,18+,19+,21+/m1/s1. The van der Waals surface area contributed by atoms with Gasteiger partial charge < -0.3 is 15.2 Å².